The first kappa shape index (κ1) is 21.0. The molecule has 0 spiro atoms. The zero-order chi connectivity index (χ0) is 15.6. The predicted octanol–water partition coefficient (Wildman–Crippen LogP) is 4.09. The van der Waals surface area contributed by atoms with Crippen LogP contribution in [0.5, 0.6) is 0 Å². The SMILES string of the molecule is CCC(C)[O][Sn]([CH2]CCC(C)N)([CH2]SC)[O]C(C)CC. The Morgan fingerprint density at radius 2 is 1.55 bits per heavy atom. The van der Waals surface area contributed by atoms with Gasteiger partial charge in [0.25, 0.3) is 0 Å². The van der Waals surface area contributed by atoms with Crippen molar-refractivity contribution in [1.82, 2.24) is 0 Å². The summed E-state index contributed by atoms with van der Waals surface area (Å²) in [5, 5.41) is 0. The third-order valence-corrected chi connectivity index (χ3v) is 18.5. The number of rotatable bonds is 12. The molecule has 0 aromatic heterocycles. The van der Waals surface area contributed by atoms with E-state index in [1.807, 2.05) is 11.8 Å². The van der Waals surface area contributed by atoms with Crippen molar-refractivity contribution >= 4 is 31.0 Å². The van der Waals surface area contributed by atoms with Crippen LogP contribution in [-0.2, 0) is 6.15 Å². The van der Waals surface area contributed by atoms with Crippen LogP contribution in [0.4, 0.5) is 0 Å². The van der Waals surface area contributed by atoms with Gasteiger partial charge in [0.05, 0.1) is 0 Å². The first-order chi connectivity index (χ1) is 9.39. The van der Waals surface area contributed by atoms with Crippen LogP contribution in [-0.4, -0.2) is 47.5 Å². The molecule has 0 heterocycles. The van der Waals surface area contributed by atoms with Gasteiger partial charge in [-0.1, -0.05) is 0 Å². The van der Waals surface area contributed by atoms with Gasteiger partial charge in [0.15, 0.2) is 0 Å². The average Bonchev–Trinajstić information content (AvgIpc) is 2.38. The third-order valence-electron chi connectivity index (χ3n) is 3.56. The second-order valence-corrected chi connectivity index (χ2v) is 17.2. The third kappa shape index (κ3) is 9.13. The van der Waals surface area contributed by atoms with Gasteiger partial charge < -0.3 is 0 Å². The number of hydrogen-bond donors (Lipinski definition) is 1. The van der Waals surface area contributed by atoms with E-state index in [-0.39, 0.29) is 6.04 Å². The molecule has 0 aliphatic rings. The van der Waals surface area contributed by atoms with Crippen molar-refractivity contribution in [3.05, 3.63) is 0 Å². The first-order valence-electron chi connectivity index (χ1n) is 7.99. The van der Waals surface area contributed by atoms with E-state index in [0.717, 1.165) is 33.9 Å². The summed E-state index contributed by atoms with van der Waals surface area (Å²) < 4.78 is 15.2. The molecule has 3 atom stereocenters. The second kappa shape index (κ2) is 11.6. The summed E-state index contributed by atoms with van der Waals surface area (Å²) in [6.45, 7) is 10.8. The molecule has 0 aromatic carbocycles. The van der Waals surface area contributed by atoms with Crippen molar-refractivity contribution in [2.45, 2.75) is 83.0 Å². The standard InChI is InChI=1S/C5H12N.2C4H9O.C2H5S.Sn/c1-3-4-5(2)6;2*1-3-4(2)5;1-3-2;/h5H,1,3-4,6H2,2H3;2*4H,3H2,1-2H3;1H2,2H3;/q;2*-1;;+2. The van der Waals surface area contributed by atoms with Gasteiger partial charge in [0.2, 0.25) is 0 Å². The van der Waals surface area contributed by atoms with E-state index in [4.69, 9.17) is 11.9 Å². The van der Waals surface area contributed by atoms with Gasteiger partial charge in [0, 0.05) is 0 Å². The molecule has 0 aliphatic heterocycles. The van der Waals surface area contributed by atoms with Gasteiger partial charge in [-0.2, -0.15) is 0 Å². The van der Waals surface area contributed by atoms with E-state index in [2.05, 4.69) is 40.9 Å². The summed E-state index contributed by atoms with van der Waals surface area (Å²) in [5.41, 5.74) is 5.89. The van der Waals surface area contributed by atoms with Crippen molar-refractivity contribution < 1.29 is 6.15 Å². The molecule has 0 bridgehead atoms. The molecular weight excluding hydrogens is 377 g/mol. The van der Waals surface area contributed by atoms with Crippen LogP contribution in [0.1, 0.15) is 60.3 Å². The molecule has 0 rings (SSSR count). The predicted molar refractivity (Wildman–Crippen MR) is 93.5 cm³/mol. The van der Waals surface area contributed by atoms with Crippen molar-refractivity contribution in [2.75, 3.05) is 10.0 Å². The van der Waals surface area contributed by atoms with Crippen LogP contribution in [0.25, 0.3) is 0 Å². The van der Waals surface area contributed by atoms with Crippen LogP contribution in [0.15, 0.2) is 0 Å². The molecule has 3 nitrogen and oxygen atoms in total. The normalized spacial score (nSPS) is 19.4. The quantitative estimate of drug-likeness (QED) is 0.491. The summed E-state index contributed by atoms with van der Waals surface area (Å²) in [6.07, 6.45) is 7.13. The Hall–Kier alpha value is 1.03. The van der Waals surface area contributed by atoms with Gasteiger partial charge >= 0.3 is 136 Å². The summed E-state index contributed by atoms with van der Waals surface area (Å²) in [7, 11) is 0. The number of hydrogen-bond acceptors (Lipinski definition) is 4. The maximum atomic E-state index is 6.51. The minimum absolute atomic E-state index is 0.278. The Morgan fingerprint density at radius 3 is 1.90 bits per heavy atom. The van der Waals surface area contributed by atoms with E-state index >= 15 is 0 Å². The maximum absolute atomic E-state index is 6.51. The van der Waals surface area contributed by atoms with Gasteiger partial charge in [-0.05, 0) is 0 Å². The monoisotopic (exact) mass is 413 g/mol. The summed E-state index contributed by atoms with van der Waals surface area (Å²) in [6, 6.07) is 0.278. The zero-order valence-corrected chi connectivity index (χ0v) is 17.9. The minimum atomic E-state index is -2.97. The van der Waals surface area contributed by atoms with E-state index in [1.165, 1.54) is 0 Å². The molecule has 2 N–H and O–H groups in total. The Labute approximate surface area is 135 Å². The number of thioether (sulfide) groups is 1. The van der Waals surface area contributed by atoms with Gasteiger partial charge in [-0.15, -0.1) is 0 Å². The number of nitrogens with two attached hydrogens (primary N) is 1. The fourth-order valence-corrected chi connectivity index (χ4v) is 17.1. The van der Waals surface area contributed by atoms with Crippen molar-refractivity contribution in [1.29, 1.82) is 0 Å². The molecule has 0 aromatic rings. The summed E-state index contributed by atoms with van der Waals surface area (Å²) >= 11 is -1.09. The Kier molecular flexibility index (Phi) is 12.2. The fraction of sp³-hybridized carbons (Fsp3) is 1.00. The van der Waals surface area contributed by atoms with Crippen LogP contribution in [0.2, 0.25) is 4.44 Å². The molecule has 0 radical (unpaired) electrons. The fourth-order valence-electron chi connectivity index (χ4n) is 2.10. The average molecular weight is 412 g/mol. The molecule has 3 unspecified atom stereocenters. The van der Waals surface area contributed by atoms with E-state index < -0.39 is 19.2 Å². The topological polar surface area (TPSA) is 44.5 Å². The molecule has 20 heavy (non-hydrogen) atoms. The molecule has 0 aliphatic carbocycles. The van der Waals surface area contributed by atoms with Crippen molar-refractivity contribution in [2.24, 2.45) is 5.73 Å². The zero-order valence-electron chi connectivity index (χ0n) is 14.3. The van der Waals surface area contributed by atoms with Crippen LogP contribution in [0.3, 0.4) is 0 Å². The molecule has 122 valence electrons. The molecule has 5 heteroatoms. The molecule has 0 saturated heterocycles. The van der Waals surface area contributed by atoms with E-state index in [0.29, 0.717) is 12.2 Å². The van der Waals surface area contributed by atoms with Crippen LogP contribution in [0, 0.1) is 0 Å². The van der Waals surface area contributed by atoms with Crippen molar-refractivity contribution in [3.63, 3.8) is 0 Å². The van der Waals surface area contributed by atoms with Crippen molar-refractivity contribution in [3.8, 4) is 0 Å². The Bertz CT molecular complexity index is 230. The van der Waals surface area contributed by atoms with Crippen LogP contribution >= 0.6 is 11.8 Å². The van der Waals surface area contributed by atoms with Gasteiger partial charge in [0.1, 0.15) is 0 Å². The molecule has 0 fully saturated rings. The van der Waals surface area contributed by atoms with Gasteiger partial charge in [-0.3, -0.25) is 0 Å². The van der Waals surface area contributed by atoms with E-state index in [1.54, 1.807) is 0 Å². The first-order valence-corrected chi connectivity index (χ1v) is 15.7. The van der Waals surface area contributed by atoms with Crippen LogP contribution < -0.4 is 5.73 Å². The second-order valence-electron chi connectivity index (χ2n) is 5.89. The Morgan fingerprint density at radius 1 is 1.05 bits per heavy atom. The molecular formula is C15H35NO2SSn. The van der Waals surface area contributed by atoms with Gasteiger partial charge in [-0.25, -0.2) is 0 Å². The Balaban J connectivity index is 4.80. The summed E-state index contributed by atoms with van der Waals surface area (Å²) in [5.74, 6) is 0. The molecule has 0 amide bonds. The van der Waals surface area contributed by atoms with E-state index in [9.17, 15) is 0 Å². The summed E-state index contributed by atoms with van der Waals surface area (Å²) in [4.78, 5) is 0. The molecule has 0 saturated carbocycles.